The zero-order valence-electron chi connectivity index (χ0n) is 8.21. The minimum absolute atomic E-state index is 0.0493. The first kappa shape index (κ1) is 11.1. The Bertz CT molecular complexity index is 575. The SMILES string of the molecule is [C-]#[N+]c1ccc2ccc(OCCl)c(Cl)c2c1. The molecule has 4 heteroatoms. The number of halogens is 2. The second kappa shape index (κ2) is 4.61. The summed E-state index contributed by atoms with van der Waals surface area (Å²) < 4.78 is 5.17. The highest BCUT2D eigenvalue weighted by atomic mass is 35.5. The standard InChI is InChI=1S/C12H7Cl2NO/c1-15-9-4-2-8-3-5-11(16-7-13)12(14)10(8)6-9/h2-6H,7H2. The predicted octanol–water partition coefficient (Wildman–Crippen LogP) is 4.62. The number of hydrogen-bond donors (Lipinski definition) is 0. The second-order valence-electron chi connectivity index (χ2n) is 3.15. The van der Waals surface area contributed by atoms with E-state index >= 15 is 0 Å². The number of nitrogens with zero attached hydrogens (tertiary/aromatic N) is 1. The minimum atomic E-state index is 0.0493. The molecule has 0 saturated heterocycles. The second-order valence-corrected chi connectivity index (χ2v) is 3.74. The van der Waals surface area contributed by atoms with Crippen LogP contribution < -0.4 is 4.74 Å². The van der Waals surface area contributed by atoms with E-state index in [1.165, 1.54) is 0 Å². The molecule has 0 saturated carbocycles. The van der Waals surface area contributed by atoms with Gasteiger partial charge in [0, 0.05) is 0 Å². The van der Waals surface area contributed by atoms with Gasteiger partial charge in [-0.25, -0.2) is 4.85 Å². The van der Waals surface area contributed by atoms with Gasteiger partial charge in [-0.05, 0) is 22.9 Å². The van der Waals surface area contributed by atoms with E-state index in [0.29, 0.717) is 16.5 Å². The van der Waals surface area contributed by atoms with Crippen molar-refractivity contribution in [2.24, 2.45) is 0 Å². The Kier molecular flexibility index (Phi) is 3.19. The van der Waals surface area contributed by atoms with Crippen molar-refractivity contribution in [2.45, 2.75) is 0 Å². The largest absolute Gasteiger partial charge is 0.476 e. The maximum absolute atomic E-state index is 6.95. The van der Waals surface area contributed by atoms with Crippen LogP contribution in [0.1, 0.15) is 0 Å². The quantitative estimate of drug-likeness (QED) is 0.561. The lowest BCUT2D eigenvalue weighted by Gasteiger charge is -2.07. The molecule has 0 heterocycles. The summed E-state index contributed by atoms with van der Waals surface area (Å²) >= 11 is 11.7. The smallest absolute Gasteiger partial charge is 0.187 e. The predicted molar refractivity (Wildman–Crippen MR) is 66.6 cm³/mol. The summed E-state index contributed by atoms with van der Waals surface area (Å²) in [6.07, 6.45) is 0. The molecule has 0 bridgehead atoms. The van der Waals surface area contributed by atoms with Crippen molar-refractivity contribution in [2.75, 3.05) is 6.07 Å². The van der Waals surface area contributed by atoms with Crippen molar-refractivity contribution in [3.63, 3.8) is 0 Å². The highest BCUT2D eigenvalue weighted by molar-refractivity contribution is 6.37. The van der Waals surface area contributed by atoms with Crippen molar-refractivity contribution >= 4 is 39.7 Å². The molecule has 16 heavy (non-hydrogen) atoms. The van der Waals surface area contributed by atoms with Crippen molar-refractivity contribution in [3.05, 3.63) is 46.8 Å². The number of ether oxygens (including phenoxy) is 1. The van der Waals surface area contributed by atoms with Gasteiger partial charge in [0.05, 0.1) is 11.6 Å². The van der Waals surface area contributed by atoms with Gasteiger partial charge in [-0.1, -0.05) is 41.4 Å². The van der Waals surface area contributed by atoms with E-state index in [1.54, 1.807) is 18.2 Å². The molecule has 0 aliphatic carbocycles. The highest BCUT2D eigenvalue weighted by Gasteiger charge is 2.06. The first-order chi connectivity index (χ1) is 7.76. The summed E-state index contributed by atoms with van der Waals surface area (Å²) in [6, 6.07) is 9.06. The third-order valence-electron chi connectivity index (χ3n) is 2.24. The lowest BCUT2D eigenvalue weighted by molar-refractivity contribution is 0.389. The molecule has 0 aliphatic heterocycles. The van der Waals surface area contributed by atoms with Gasteiger partial charge in [0.1, 0.15) is 5.75 Å². The molecule has 0 amide bonds. The topological polar surface area (TPSA) is 13.6 Å². The van der Waals surface area contributed by atoms with Crippen LogP contribution >= 0.6 is 23.2 Å². The van der Waals surface area contributed by atoms with Gasteiger partial charge in [-0.2, -0.15) is 0 Å². The van der Waals surface area contributed by atoms with Crippen LogP contribution in [0.25, 0.3) is 15.6 Å². The number of rotatable bonds is 2. The van der Waals surface area contributed by atoms with Crippen LogP contribution in [0.5, 0.6) is 5.75 Å². The van der Waals surface area contributed by atoms with Crippen molar-refractivity contribution < 1.29 is 4.74 Å². The molecule has 0 spiro atoms. The van der Waals surface area contributed by atoms with Crippen LogP contribution in [0, 0.1) is 6.57 Å². The summed E-state index contributed by atoms with van der Waals surface area (Å²) in [5.41, 5.74) is 0.553. The monoisotopic (exact) mass is 251 g/mol. The summed E-state index contributed by atoms with van der Waals surface area (Å²) in [7, 11) is 0. The van der Waals surface area contributed by atoms with Gasteiger partial charge in [-0.15, -0.1) is 0 Å². The molecule has 0 atom stereocenters. The fraction of sp³-hybridized carbons (Fsp3) is 0.0833. The average molecular weight is 252 g/mol. The Balaban J connectivity index is 2.67. The molecular formula is C12H7Cl2NO. The van der Waals surface area contributed by atoms with Crippen LogP contribution in [0.3, 0.4) is 0 Å². The zero-order chi connectivity index (χ0) is 11.5. The van der Waals surface area contributed by atoms with Crippen LogP contribution in [0.4, 0.5) is 5.69 Å². The molecular weight excluding hydrogens is 245 g/mol. The number of benzene rings is 2. The van der Waals surface area contributed by atoms with Crippen LogP contribution in [-0.4, -0.2) is 6.07 Å². The lowest BCUT2D eigenvalue weighted by atomic mass is 10.1. The van der Waals surface area contributed by atoms with Crippen molar-refractivity contribution in [1.82, 2.24) is 0 Å². The molecule has 0 aliphatic rings. The number of fused-ring (bicyclic) bond motifs is 1. The molecule has 2 rings (SSSR count). The van der Waals surface area contributed by atoms with Gasteiger partial charge in [0.2, 0.25) is 0 Å². The van der Waals surface area contributed by atoms with Crippen LogP contribution in [0.2, 0.25) is 5.02 Å². The average Bonchev–Trinajstić information content (AvgIpc) is 2.33. The third kappa shape index (κ3) is 1.92. The fourth-order valence-corrected chi connectivity index (χ4v) is 1.89. The maximum Gasteiger partial charge on any atom is 0.187 e. The van der Waals surface area contributed by atoms with E-state index in [-0.39, 0.29) is 6.07 Å². The Labute approximate surface area is 103 Å². The maximum atomic E-state index is 6.95. The van der Waals surface area contributed by atoms with Crippen molar-refractivity contribution in [3.8, 4) is 5.75 Å². The normalized spacial score (nSPS) is 10.1. The molecule has 0 aromatic heterocycles. The van der Waals surface area contributed by atoms with Gasteiger partial charge < -0.3 is 4.74 Å². The summed E-state index contributed by atoms with van der Waals surface area (Å²) in [5.74, 6) is 0.534. The molecule has 80 valence electrons. The first-order valence-corrected chi connectivity index (χ1v) is 5.46. The number of alkyl halides is 1. The third-order valence-corrected chi connectivity index (χ3v) is 2.74. The van der Waals surface area contributed by atoms with E-state index in [4.69, 9.17) is 34.5 Å². The molecule has 2 aromatic rings. The van der Waals surface area contributed by atoms with E-state index < -0.39 is 0 Å². The van der Waals surface area contributed by atoms with E-state index in [2.05, 4.69) is 4.85 Å². The number of hydrogen-bond acceptors (Lipinski definition) is 1. The van der Waals surface area contributed by atoms with Crippen molar-refractivity contribution in [1.29, 1.82) is 0 Å². The Morgan fingerprint density at radius 2 is 2.00 bits per heavy atom. The molecule has 2 nitrogen and oxygen atoms in total. The Morgan fingerprint density at radius 3 is 2.69 bits per heavy atom. The van der Waals surface area contributed by atoms with Gasteiger partial charge in [0.25, 0.3) is 0 Å². The minimum Gasteiger partial charge on any atom is -0.476 e. The zero-order valence-corrected chi connectivity index (χ0v) is 9.72. The summed E-state index contributed by atoms with van der Waals surface area (Å²) in [4.78, 5) is 3.36. The highest BCUT2D eigenvalue weighted by Crippen LogP contribution is 2.34. The Hall–Kier alpha value is -1.43. The molecule has 2 aromatic carbocycles. The summed E-state index contributed by atoms with van der Waals surface area (Å²) in [6.45, 7) is 6.95. The molecule has 0 radical (unpaired) electrons. The van der Waals surface area contributed by atoms with Crippen LogP contribution in [-0.2, 0) is 0 Å². The van der Waals surface area contributed by atoms with Gasteiger partial charge in [0.15, 0.2) is 11.8 Å². The summed E-state index contributed by atoms with van der Waals surface area (Å²) in [5, 5.41) is 2.26. The van der Waals surface area contributed by atoms with Crippen LogP contribution in [0.15, 0.2) is 30.3 Å². The van der Waals surface area contributed by atoms with E-state index in [0.717, 1.165) is 10.8 Å². The first-order valence-electron chi connectivity index (χ1n) is 4.54. The van der Waals surface area contributed by atoms with E-state index in [9.17, 15) is 0 Å². The molecule has 0 unspecified atom stereocenters. The van der Waals surface area contributed by atoms with Gasteiger partial charge in [-0.3, -0.25) is 0 Å². The van der Waals surface area contributed by atoms with E-state index in [1.807, 2.05) is 12.1 Å². The molecule has 0 N–H and O–H groups in total. The Morgan fingerprint density at radius 1 is 1.25 bits per heavy atom. The molecule has 0 fully saturated rings. The lowest BCUT2D eigenvalue weighted by Crippen LogP contribution is -1.90. The van der Waals surface area contributed by atoms with Gasteiger partial charge >= 0.3 is 0 Å². The fourth-order valence-electron chi connectivity index (χ4n) is 1.49.